The Hall–Kier alpha value is -3.54. The first-order chi connectivity index (χ1) is 18.0. The van der Waals surface area contributed by atoms with Crippen LogP contribution in [0.1, 0.15) is 12.8 Å². The molecule has 1 aromatic heterocycles. The van der Waals surface area contributed by atoms with Crippen molar-refractivity contribution < 1.29 is 9.59 Å². The third kappa shape index (κ3) is 6.24. The lowest BCUT2D eigenvalue weighted by atomic mass is 10.0. The van der Waals surface area contributed by atoms with Gasteiger partial charge in [0.1, 0.15) is 5.49 Å². The van der Waals surface area contributed by atoms with E-state index in [0.29, 0.717) is 83.7 Å². The van der Waals surface area contributed by atoms with E-state index in [9.17, 15) is 14.4 Å². The maximum atomic E-state index is 13.0. The largest absolute Gasteiger partial charge is 0.383 e. The first-order valence-corrected chi connectivity index (χ1v) is 12.9. The number of carbonyl (C=O) groups excluding carboxylic acids is 2. The Morgan fingerprint density at radius 3 is 2.24 bits per heavy atom. The van der Waals surface area contributed by atoms with Crippen LogP contribution in [0.3, 0.4) is 0 Å². The molecule has 7 N–H and O–H groups in total. The molecule has 0 bridgehead atoms. The van der Waals surface area contributed by atoms with Crippen molar-refractivity contribution in [3.63, 3.8) is 0 Å². The molecule has 1 aliphatic rings. The summed E-state index contributed by atoms with van der Waals surface area (Å²) in [5.74, 6) is -0.124. The molecular weight excluding hydrogens is 472 g/mol. The number of amides is 2. The van der Waals surface area contributed by atoms with Crippen molar-refractivity contribution in [2.45, 2.75) is 19.4 Å². The molecule has 0 saturated carbocycles. The SMILES string of the molecule is NCCNC(=O)CCN(CCNc1ccc2c3n(c(=O)c4cccc1c42)CCN=3)CCC(=O)NCCN. The highest BCUT2D eigenvalue weighted by atomic mass is 16.2. The van der Waals surface area contributed by atoms with Gasteiger partial charge in [-0.3, -0.25) is 23.9 Å². The van der Waals surface area contributed by atoms with E-state index < -0.39 is 0 Å². The molecule has 11 heteroatoms. The van der Waals surface area contributed by atoms with E-state index in [2.05, 4.69) is 25.8 Å². The second kappa shape index (κ2) is 12.6. The van der Waals surface area contributed by atoms with Crippen LogP contribution in [0.4, 0.5) is 5.69 Å². The van der Waals surface area contributed by atoms with E-state index in [-0.39, 0.29) is 17.4 Å². The Kier molecular flexibility index (Phi) is 9.04. The fourth-order valence-corrected chi connectivity index (χ4v) is 4.75. The summed E-state index contributed by atoms with van der Waals surface area (Å²) in [7, 11) is 0. The van der Waals surface area contributed by atoms with Crippen molar-refractivity contribution in [1.29, 1.82) is 0 Å². The van der Waals surface area contributed by atoms with Gasteiger partial charge in [-0.05, 0) is 18.2 Å². The maximum Gasteiger partial charge on any atom is 0.260 e. The minimum atomic E-state index is -0.0619. The molecule has 0 saturated heterocycles. The lowest BCUT2D eigenvalue weighted by Gasteiger charge is -2.23. The van der Waals surface area contributed by atoms with Crippen LogP contribution in [0, 0.1) is 0 Å². The number of aromatic nitrogens is 1. The topological polar surface area (TPSA) is 160 Å². The van der Waals surface area contributed by atoms with E-state index in [1.165, 1.54) is 0 Å². The summed E-state index contributed by atoms with van der Waals surface area (Å²) in [6.07, 6.45) is 0.651. The molecule has 2 heterocycles. The summed E-state index contributed by atoms with van der Waals surface area (Å²) >= 11 is 0. The molecule has 3 aromatic rings. The molecule has 0 atom stereocenters. The second-order valence-electron chi connectivity index (χ2n) is 9.10. The number of carbonyl (C=O) groups is 2. The zero-order chi connectivity index (χ0) is 26.2. The van der Waals surface area contributed by atoms with E-state index >= 15 is 0 Å². The zero-order valence-electron chi connectivity index (χ0n) is 21.1. The maximum absolute atomic E-state index is 13.0. The van der Waals surface area contributed by atoms with Crippen LogP contribution in [0.15, 0.2) is 40.1 Å². The third-order valence-electron chi connectivity index (χ3n) is 6.58. The summed E-state index contributed by atoms with van der Waals surface area (Å²) < 4.78 is 1.76. The molecule has 2 aromatic carbocycles. The molecule has 1 aliphatic heterocycles. The van der Waals surface area contributed by atoms with Crippen molar-refractivity contribution in [2.24, 2.45) is 16.5 Å². The van der Waals surface area contributed by atoms with Crippen molar-refractivity contribution in [2.75, 3.05) is 64.2 Å². The Labute approximate surface area is 215 Å². The summed E-state index contributed by atoms with van der Waals surface area (Å²) in [4.78, 5) is 43.9. The molecule has 0 unspecified atom stereocenters. The quantitative estimate of drug-likeness (QED) is 0.190. The third-order valence-corrected chi connectivity index (χ3v) is 6.58. The first-order valence-electron chi connectivity index (χ1n) is 12.9. The van der Waals surface area contributed by atoms with Crippen LogP contribution in [-0.2, 0) is 16.1 Å². The highest BCUT2D eigenvalue weighted by Crippen LogP contribution is 2.29. The van der Waals surface area contributed by atoms with Crippen LogP contribution < -0.4 is 38.5 Å². The van der Waals surface area contributed by atoms with Gasteiger partial charge in [0.05, 0.1) is 6.54 Å². The molecular formula is C26H36N8O3. The highest BCUT2D eigenvalue weighted by molar-refractivity contribution is 6.13. The van der Waals surface area contributed by atoms with Crippen molar-refractivity contribution >= 4 is 39.0 Å². The number of pyridine rings is 1. The van der Waals surface area contributed by atoms with Gasteiger partial charge in [0.15, 0.2) is 0 Å². The molecule has 198 valence electrons. The number of hydrogen-bond acceptors (Lipinski definition) is 8. The average molecular weight is 509 g/mol. The highest BCUT2D eigenvalue weighted by Gasteiger charge is 2.17. The van der Waals surface area contributed by atoms with Gasteiger partial charge in [-0.1, -0.05) is 12.1 Å². The summed E-state index contributed by atoms with van der Waals surface area (Å²) in [5.41, 5.74) is 12.6. The van der Waals surface area contributed by atoms with Gasteiger partial charge in [0.2, 0.25) is 11.8 Å². The summed E-state index contributed by atoms with van der Waals surface area (Å²) in [5, 5.41) is 12.7. The zero-order valence-corrected chi connectivity index (χ0v) is 21.1. The van der Waals surface area contributed by atoms with Gasteiger partial charge in [0, 0.05) is 99.0 Å². The Balaban J connectivity index is 1.46. The second-order valence-corrected chi connectivity index (χ2v) is 9.10. The van der Waals surface area contributed by atoms with Crippen LogP contribution >= 0.6 is 0 Å². The Morgan fingerprint density at radius 1 is 0.892 bits per heavy atom. The van der Waals surface area contributed by atoms with Gasteiger partial charge in [-0.2, -0.15) is 0 Å². The van der Waals surface area contributed by atoms with Crippen LogP contribution in [-0.4, -0.2) is 80.2 Å². The van der Waals surface area contributed by atoms with Crippen molar-refractivity contribution in [3.05, 3.63) is 46.2 Å². The predicted octanol–water partition coefficient (Wildman–Crippen LogP) is -0.849. The molecule has 11 nitrogen and oxygen atoms in total. The fraction of sp³-hybridized carbons (Fsp3) is 0.462. The number of hydrogen-bond donors (Lipinski definition) is 5. The number of rotatable bonds is 14. The van der Waals surface area contributed by atoms with Gasteiger partial charge in [-0.15, -0.1) is 0 Å². The number of anilines is 1. The van der Waals surface area contributed by atoms with Gasteiger partial charge in [0.25, 0.3) is 5.56 Å². The number of fused-ring (bicyclic) bond motifs is 2. The smallest absolute Gasteiger partial charge is 0.260 e. The fourth-order valence-electron chi connectivity index (χ4n) is 4.75. The van der Waals surface area contributed by atoms with Crippen LogP contribution in [0.2, 0.25) is 0 Å². The summed E-state index contributed by atoms with van der Waals surface area (Å²) in [6.45, 7) is 5.21. The van der Waals surface area contributed by atoms with Crippen molar-refractivity contribution in [1.82, 2.24) is 20.1 Å². The lowest BCUT2D eigenvalue weighted by Crippen LogP contribution is -2.38. The van der Waals surface area contributed by atoms with E-state index in [1.54, 1.807) is 4.57 Å². The molecule has 0 fully saturated rings. The Morgan fingerprint density at radius 2 is 1.57 bits per heavy atom. The van der Waals surface area contributed by atoms with Gasteiger partial charge < -0.3 is 32.3 Å². The molecule has 0 radical (unpaired) electrons. The average Bonchev–Trinajstić information content (AvgIpc) is 3.41. The van der Waals surface area contributed by atoms with Crippen LogP contribution in [0.25, 0.3) is 21.5 Å². The van der Waals surface area contributed by atoms with E-state index in [4.69, 9.17) is 11.5 Å². The number of nitrogens with zero attached hydrogens (tertiary/aromatic N) is 3. The normalized spacial score (nSPS) is 12.6. The van der Waals surface area contributed by atoms with Gasteiger partial charge in [-0.25, -0.2) is 0 Å². The van der Waals surface area contributed by atoms with Crippen LogP contribution in [0.5, 0.6) is 0 Å². The minimum absolute atomic E-state index is 0.00139. The molecule has 4 rings (SSSR count). The van der Waals surface area contributed by atoms with Gasteiger partial charge >= 0.3 is 0 Å². The minimum Gasteiger partial charge on any atom is -0.383 e. The van der Waals surface area contributed by atoms with E-state index in [0.717, 1.165) is 27.3 Å². The molecule has 37 heavy (non-hydrogen) atoms. The standard InChI is InChI=1S/C26H36N8O3/c27-8-10-30-22(35)6-14-33(15-7-23(36)31-11-9-28)16-12-29-21-5-4-19-24-18(21)2-1-3-20(24)26(37)34-17-13-32-25(19)34/h1-5,29H,6-17,27-28H2,(H,30,35)(H,31,36). The van der Waals surface area contributed by atoms with Crippen molar-refractivity contribution in [3.8, 4) is 0 Å². The predicted molar refractivity (Wildman–Crippen MR) is 146 cm³/mol. The molecule has 0 spiro atoms. The Bertz CT molecular complexity index is 1350. The monoisotopic (exact) mass is 508 g/mol. The number of nitrogens with one attached hydrogen (secondary N) is 3. The first kappa shape index (κ1) is 26.5. The van der Waals surface area contributed by atoms with E-state index in [1.807, 2.05) is 30.3 Å². The molecule has 0 aliphatic carbocycles. The molecule has 2 amide bonds. The lowest BCUT2D eigenvalue weighted by molar-refractivity contribution is -0.121. The number of nitrogens with two attached hydrogens (primary N) is 2. The summed E-state index contributed by atoms with van der Waals surface area (Å²) in [6, 6.07) is 9.86. The number of benzene rings is 2.